The third-order valence-corrected chi connectivity index (χ3v) is 2.83. The van der Waals surface area contributed by atoms with Crippen molar-refractivity contribution in [2.45, 2.75) is 6.04 Å². The lowest BCUT2D eigenvalue weighted by molar-refractivity contribution is 0.0907. The third-order valence-electron chi connectivity index (χ3n) is 1.75. The lowest BCUT2D eigenvalue weighted by atomic mass is 10.3. The maximum Gasteiger partial charge on any atom is 0.256 e. The zero-order chi connectivity index (χ0) is 11.3. The molecule has 4 nitrogen and oxygen atoms in total. The number of methoxy groups -OCH3 is 1. The number of hydrogen-bond donors (Lipinski definition) is 1. The normalized spacial score (nSPS) is 12.5. The van der Waals surface area contributed by atoms with Gasteiger partial charge in [-0.25, -0.2) is 0 Å². The van der Waals surface area contributed by atoms with E-state index in [-0.39, 0.29) is 17.2 Å². The quantitative estimate of drug-likeness (QED) is 0.846. The highest BCUT2D eigenvalue weighted by Gasteiger charge is 2.16. The third kappa shape index (κ3) is 3.52. The number of hydrogen-bond acceptors (Lipinski definition) is 3. The molecule has 6 heteroatoms. The van der Waals surface area contributed by atoms with Gasteiger partial charge >= 0.3 is 0 Å². The van der Waals surface area contributed by atoms with Gasteiger partial charge in [0.1, 0.15) is 0 Å². The van der Waals surface area contributed by atoms with E-state index >= 15 is 0 Å². The van der Waals surface area contributed by atoms with E-state index in [4.69, 9.17) is 20.8 Å². The average Bonchev–Trinajstić information content (AvgIpc) is 2.63. The molecule has 0 spiro atoms. The van der Waals surface area contributed by atoms with Crippen LogP contribution in [0.1, 0.15) is 10.4 Å². The maximum absolute atomic E-state index is 11.6. The Bertz CT molecular complexity index is 329. The molecule has 1 aromatic rings. The first-order chi connectivity index (χ1) is 7.19. The van der Waals surface area contributed by atoms with Crippen molar-refractivity contribution in [1.82, 2.24) is 5.32 Å². The minimum Gasteiger partial charge on any atom is -0.452 e. The monoisotopic (exact) mass is 295 g/mol. The van der Waals surface area contributed by atoms with E-state index in [9.17, 15) is 4.79 Å². The molecular formula is C9H11BrClNO3. The van der Waals surface area contributed by atoms with Crippen LogP contribution in [-0.4, -0.2) is 31.0 Å². The lowest BCUT2D eigenvalue weighted by Crippen LogP contribution is -2.39. The average molecular weight is 297 g/mol. The Balaban J connectivity index is 2.58. The number of amides is 1. The largest absolute Gasteiger partial charge is 0.452 e. The number of halogens is 2. The smallest absolute Gasteiger partial charge is 0.256 e. The molecule has 0 aliphatic heterocycles. The van der Waals surface area contributed by atoms with Crippen LogP contribution in [0.2, 0.25) is 5.22 Å². The Hall–Kier alpha value is -0.520. The van der Waals surface area contributed by atoms with Crippen molar-refractivity contribution in [3.8, 4) is 0 Å². The molecule has 0 aliphatic rings. The fraction of sp³-hybridized carbons (Fsp3) is 0.444. The Labute approximate surface area is 101 Å². The highest BCUT2D eigenvalue weighted by atomic mass is 79.9. The fourth-order valence-corrected chi connectivity index (χ4v) is 1.59. The minimum atomic E-state index is -0.268. The molecule has 1 heterocycles. The van der Waals surface area contributed by atoms with Gasteiger partial charge in [-0.1, -0.05) is 15.9 Å². The number of alkyl halides is 1. The van der Waals surface area contributed by atoms with Gasteiger partial charge in [0.05, 0.1) is 24.5 Å². The highest BCUT2D eigenvalue weighted by molar-refractivity contribution is 9.09. The van der Waals surface area contributed by atoms with Gasteiger partial charge in [-0.15, -0.1) is 0 Å². The standard InChI is InChI=1S/C9H11BrClNO3/c1-14-5-6(4-10)12-9(13)7-2-3-15-8(7)11/h2-3,6H,4-5H2,1H3,(H,12,13). The molecular weight excluding hydrogens is 285 g/mol. The SMILES string of the molecule is COCC(CBr)NC(=O)c1ccoc1Cl. The predicted molar refractivity (Wildman–Crippen MR) is 60.6 cm³/mol. The molecule has 1 aromatic heterocycles. The fourth-order valence-electron chi connectivity index (χ4n) is 1.04. The van der Waals surface area contributed by atoms with Gasteiger partial charge in [-0.05, 0) is 17.7 Å². The van der Waals surface area contributed by atoms with Crippen LogP contribution in [0.4, 0.5) is 0 Å². The molecule has 0 aliphatic carbocycles. The summed E-state index contributed by atoms with van der Waals surface area (Å²) < 4.78 is 9.76. The van der Waals surface area contributed by atoms with Gasteiger partial charge in [0, 0.05) is 12.4 Å². The van der Waals surface area contributed by atoms with Crippen LogP contribution in [-0.2, 0) is 4.74 Å². The van der Waals surface area contributed by atoms with Gasteiger partial charge < -0.3 is 14.5 Å². The van der Waals surface area contributed by atoms with Crippen LogP contribution >= 0.6 is 27.5 Å². The molecule has 1 N–H and O–H groups in total. The Kier molecular flexibility index (Phi) is 5.14. The van der Waals surface area contributed by atoms with Crippen LogP contribution in [0.5, 0.6) is 0 Å². The molecule has 1 rings (SSSR count). The van der Waals surface area contributed by atoms with Gasteiger partial charge in [0.15, 0.2) is 0 Å². The summed E-state index contributed by atoms with van der Waals surface area (Å²) in [7, 11) is 1.58. The van der Waals surface area contributed by atoms with Crippen molar-refractivity contribution in [3.05, 3.63) is 23.1 Å². The van der Waals surface area contributed by atoms with E-state index in [0.717, 1.165) is 0 Å². The molecule has 0 aromatic carbocycles. The topological polar surface area (TPSA) is 51.5 Å². The van der Waals surface area contributed by atoms with Crippen molar-refractivity contribution in [1.29, 1.82) is 0 Å². The molecule has 84 valence electrons. The van der Waals surface area contributed by atoms with E-state index < -0.39 is 0 Å². The first-order valence-corrected chi connectivity index (χ1v) is 5.77. The Morgan fingerprint density at radius 3 is 3.00 bits per heavy atom. The van der Waals surface area contributed by atoms with Crippen LogP contribution in [0.15, 0.2) is 16.7 Å². The molecule has 0 saturated heterocycles. The second-order valence-corrected chi connectivity index (χ2v) is 3.88. The number of nitrogens with one attached hydrogen (secondary N) is 1. The minimum absolute atomic E-state index is 0.0894. The molecule has 0 bridgehead atoms. The summed E-state index contributed by atoms with van der Waals surface area (Å²) in [6.07, 6.45) is 1.37. The summed E-state index contributed by atoms with van der Waals surface area (Å²) in [4.78, 5) is 11.6. The van der Waals surface area contributed by atoms with Gasteiger partial charge in [-0.3, -0.25) is 4.79 Å². The molecule has 0 radical (unpaired) electrons. The summed E-state index contributed by atoms with van der Waals surface area (Å²) in [5, 5.41) is 3.46. The summed E-state index contributed by atoms with van der Waals surface area (Å²) in [6.45, 7) is 0.437. The lowest BCUT2D eigenvalue weighted by Gasteiger charge is -2.14. The van der Waals surface area contributed by atoms with Crippen LogP contribution in [0.3, 0.4) is 0 Å². The molecule has 1 atom stereocenters. The number of rotatable bonds is 5. The highest BCUT2D eigenvalue weighted by Crippen LogP contribution is 2.16. The first-order valence-electron chi connectivity index (χ1n) is 4.27. The summed E-state index contributed by atoms with van der Waals surface area (Å²) in [5.74, 6) is -0.268. The second kappa shape index (κ2) is 6.15. The Morgan fingerprint density at radius 1 is 1.80 bits per heavy atom. The summed E-state index contributed by atoms with van der Waals surface area (Å²) in [6, 6.07) is 1.43. The van der Waals surface area contributed by atoms with Crippen LogP contribution in [0, 0.1) is 0 Å². The van der Waals surface area contributed by atoms with E-state index in [1.54, 1.807) is 7.11 Å². The van der Waals surface area contributed by atoms with E-state index in [2.05, 4.69) is 21.2 Å². The molecule has 15 heavy (non-hydrogen) atoms. The van der Waals surface area contributed by atoms with Crippen molar-refractivity contribution in [2.75, 3.05) is 19.0 Å². The van der Waals surface area contributed by atoms with Crippen LogP contribution < -0.4 is 5.32 Å². The number of furan rings is 1. The molecule has 0 saturated carbocycles. The van der Waals surface area contributed by atoms with E-state index in [1.807, 2.05) is 0 Å². The van der Waals surface area contributed by atoms with Crippen molar-refractivity contribution < 1.29 is 13.9 Å². The second-order valence-electron chi connectivity index (χ2n) is 2.89. The van der Waals surface area contributed by atoms with Gasteiger partial charge in [-0.2, -0.15) is 0 Å². The maximum atomic E-state index is 11.6. The van der Waals surface area contributed by atoms with Crippen molar-refractivity contribution in [2.24, 2.45) is 0 Å². The number of ether oxygens (including phenoxy) is 1. The molecule has 1 amide bonds. The first kappa shape index (κ1) is 12.5. The summed E-state index contributed by atoms with van der Waals surface area (Å²) in [5.41, 5.74) is 0.332. The summed E-state index contributed by atoms with van der Waals surface area (Å²) >= 11 is 8.94. The van der Waals surface area contributed by atoms with Gasteiger partial charge in [0.2, 0.25) is 5.22 Å². The van der Waals surface area contributed by atoms with E-state index in [0.29, 0.717) is 17.5 Å². The molecule has 0 fully saturated rings. The zero-order valence-electron chi connectivity index (χ0n) is 8.13. The predicted octanol–water partition coefficient (Wildman–Crippen LogP) is 2.07. The number of carbonyl (C=O) groups excluding carboxylic acids is 1. The van der Waals surface area contributed by atoms with Gasteiger partial charge in [0.25, 0.3) is 5.91 Å². The van der Waals surface area contributed by atoms with Crippen molar-refractivity contribution >= 4 is 33.4 Å². The van der Waals surface area contributed by atoms with Crippen molar-refractivity contribution in [3.63, 3.8) is 0 Å². The number of carbonyl (C=O) groups is 1. The Morgan fingerprint density at radius 2 is 2.53 bits per heavy atom. The molecule has 1 unspecified atom stereocenters. The van der Waals surface area contributed by atoms with Crippen LogP contribution in [0.25, 0.3) is 0 Å². The zero-order valence-corrected chi connectivity index (χ0v) is 10.5. The van der Waals surface area contributed by atoms with E-state index in [1.165, 1.54) is 12.3 Å².